The molecule has 40 heavy (non-hydrogen) atoms. The van der Waals surface area contributed by atoms with Crippen LogP contribution in [-0.2, 0) is 9.53 Å². The summed E-state index contributed by atoms with van der Waals surface area (Å²) in [4.78, 5) is 28.1. The van der Waals surface area contributed by atoms with Crippen LogP contribution >= 0.6 is 0 Å². The Bertz CT molecular complexity index is 1350. The third kappa shape index (κ3) is 5.57. The fourth-order valence-electron chi connectivity index (χ4n) is 5.76. The Morgan fingerprint density at radius 1 is 1.05 bits per heavy atom. The van der Waals surface area contributed by atoms with E-state index in [0.717, 1.165) is 25.7 Å². The number of nitrogens with one attached hydrogen (secondary N) is 2. The van der Waals surface area contributed by atoms with Gasteiger partial charge in [0, 0.05) is 43.8 Å². The molecule has 2 aliphatic heterocycles. The Kier molecular flexibility index (Phi) is 8.13. The fourth-order valence-corrected chi connectivity index (χ4v) is 5.76. The van der Waals surface area contributed by atoms with Crippen molar-refractivity contribution in [2.45, 2.75) is 64.1 Å². The summed E-state index contributed by atoms with van der Waals surface area (Å²) in [7, 11) is 0. The molecule has 1 saturated carbocycles. The van der Waals surface area contributed by atoms with Gasteiger partial charge in [0.05, 0.1) is 24.9 Å². The highest BCUT2D eigenvalue weighted by Crippen LogP contribution is 2.33. The van der Waals surface area contributed by atoms with Crippen LogP contribution in [0, 0.1) is 23.4 Å². The molecule has 1 aromatic carbocycles. The van der Waals surface area contributed by atoms with Crippen LogP contribution in [0.5, 0.6) is 0 Å². The number of carbonyl (C=O) groups is 1. The van der Waals surface area contributed by atoms with E-state index >= 15 is 0 Å². The van der Waals surface area contributed by atoms with Crippen molar-refractivity contribution in [3.8, 4) is 0 Å². The molecular weight excluding hydrogens is 527 g/mol. The minimum absolute atomic E-state index is 0. The molecule has 2 atom stereocenters. The largest absolute Gasteiger partial charge is 0.391 e. The minimum atomic E-state index is -1.07. The molecule has 0 bridgehead atoms. The smallest absolute Gasteiger partial charge is 0.225 e. The molecule has 216 valence electrons. The van der Waals surface area contributed by atoms with Crippen LogP contribution in [0.2, 0.25) is 0 Å². The molecule has 1 amide bonds. The van der Waals surface area contributed by atoms with Crippen molar-refractivity contribution >= 4 is 34.7 Å². The normalized spacial score (nSPS) is 24.8. The monoisotopic (exact) mass is 561 g/mol. The molecule has 2 saturated heterocycles. The maximum atomic E-state index is 14.4. The van der Waals surface area contributed by atoms with Gasteiger partial charge in [0.15, 0.2) is 17.3 Å². The quantitative estimate of drug-likeness (QED) is 0.411. The first kappa shape index (κ1) is 28.1. The SMILES string of the molecule is C.O=C(C1CCC(Nc2ncc3nc(Nc4c(F)cc(F)cc4F)n([C@H]4CCOC4)c3n2)CC1)N1CCC(O)C1. The lowest BCUT2D eigenvalue weighted by atomic mass is 9.85. The second-order valence-electron chi connectivity index (χ2n) is 10.5. The molecule has 3 aliphatic rings. The number of halogens is 3. The highest BCUT2D eigenvalue weighted by molar-refractivity contribution is 5.79. The lowest BCUT2D eigenvalue weighted by Gasteiger charge is -2.30. The van der Waals surface area contributed by atoms with Gasteiger partial charge in [-0.25, -0.2) is 23.1 Å². The standard InChI is InChI=1S/C26H30F3N7O3.CH4/c27-15-9-19(28)22(20(29)10-15)33-26-32-21-11-30-25(34-23(21)36(26)17-6-8-39-13-17)31-16-3-1-14(2-4-16)24(38)35-7-5-18(37)12-35;/h9-11,14,16-18,37H,1-8,12-13H2,(H,32,33)(H,30,31,34);1H4/t14?,16?,17-,18?;/m0./s1. The zero-order valence-electron chi connectivity index (χ0n) is 21.2. The van der Waals surface area contributed by atoms with Crippen molar-refractivity contribution in [1.29, 1.82) is 0 Å². The third-order valence-corrected chi connectivity index (χ3v) is 7.83. The van der Waals surface area contributed by atoms with Crippen LogP contribution in [0.1, 0.15) is 52.0 Å². The molecule has 3 N–H and O–H groups in total. The van der Waals surface area contributed by atoms with Gasteiger partial charge in [-0.05, 0) is 38.5 Å². The number of hydrogen-bond donors (Lipinski definition) is 3. The van der Waals surface area contributed by atoms with Crippen LogP contribution in [0.15, 0.2) is 18.3 Å². The predicted molar refractivity (Wildman–Crippen MR) is 143 cm³/mol. The number of amides is 1. The summed E-state index contributed by atoms with van der Waals surface area (Å²) < 4.78 is 49.5. The maximum absolute atomic E-state index is 14.4. The predicted octanol–water partition coefficient (Wildman–Crippen LogP) is 4.15. The number of nitrogens with zero attached hydrogens (tertiary/aromatic N) is 5. The Balaban J connectivity index is 0.00000323. The zero-order chi connectivity index (χ0) is 27.1. The Morgan fingerprint density at radius 2 is 1.80 bits per heavy atom. The third-order valence-electron chi connectivity index (χ3n) is 7.83. The number of fused-ring (bicyclic) bond motifs is 1. The van der Waals surface area contributed by atoms with Gasteiger partial charge in [-0.1, -0.05) is 7.43 Å². The van der Waals surface area contributed by atoms with E-state index in [2.05, 4.69) is 20.6 Å². The molecule has 3 fully saturated rings. The van der Waals surface area contributed by atoms with E-state index in [1.807, 2.05) is 0 Å². The highest BCUT2D eigenvalue weighted by Gasteiger charge is 2.33. The van der Waals surface area contributed by atoms with Crippen molar-refractivity contribution in [2.75, 3.05) is 36.9 Å². The number of aromatic nitrogens is 4. The number of hydrogen-bond acceptors (Lipinski definition) is 8. The van der Waals surface area contributed by atoms with E-state index in [9.17, 15) is 23.1 Å². The summed E-state index contributed by atoms with van der Waals surface area (Å²) in [6.45, 7) is 1.94. The summed E-state index contributed by atoms with van der Waals surface area (Å²) in [6.07, 6.45) is 5.46. The molecular formula is C27H34F3N7O3. The fraction of sp³-hybridized carbons (Fsp3) is 0.556. The zero-order valence-corrected chi connectivity index (χ0v) is 21.2. The molecule has 4 heterocycles. The maximum Gasteiger partial charge on any atom is 0.225 e. The molecule has 6 rings (SSSR count). The number of ether oxygens (including phenoxy) is 1. The second kappa shape index (κ2) is 11.6. The molecule has 13 heteroatoms. The Labute approximate surface area is 230 Å². The van der Waals surface area contributed by atoms with E-state index < -0.39 is 29.2 Å². The van der Waals surface area contributed by atoms with E-state index in [0.29, 0.717) is 68.4 Å². The Morgan fingerprint density at radius 3 is 2.45 bits per heavy atom. The number of aliphatic hydroxyl groups is 1. The van der Waals surface area contributed by atoms with Gasteiger partial charge in [0.2, 0.25) is 17.8 Å². The number of benzene rings is 1. The van der Waals surface area contributed by atoms with Crippen molar-refractivity contribution in [3.63, 3.8) is 0 Å². The molecule has 0 spiro atoms. The van der Waals surface area contributed by atoms with Crippen molar-refractivity contribution < 1.29 is 27.8 Å². The van der Waals surface area contributed by atoms with Gasteiger partial charge in [0.1, 0.15) is 17.0 Å². The van der Waals surface area contributed by atoms with Gasteiger partial charge in [-0.15, -0.1) is 0 Å². The van der Waals surface area contributed by atoms with Crippen LogP contribution in [0.3, 0.4) is 0 Å². The van der Waals surface area contributed by atoms with Crippen LogP contribution in [-0.4, -0.2) is 73.9 Å². The van der Waals surface area contributed by atoms with Gasteiger partial charge in [-0.2, -0.15) is 4.98 Å². The number of anilines is 3. The van der Waals surface area contributed by atoms with Gasteiger partial charge >= 0.3 is 0 Å². The minimum Gasteiger partial charge on any atom is -0.391 e. The summed E-state index contributed by atoms with van der Waals surface area (Å²) in [5, 5.41) is 15.8. The lowest BCUT2D eigenvalue weighted by Crippen LogP contribution is -2.38. The Hall–Kier alpha value is -3.45. The number of rotatable bonds is 6. The second-order valence-corrected chi connectivity index (χ2v) is 10.5. The van der Waals surface area contributed by atoms with Crippen molar-refractivity contribution in [3.05, 3.63) is 35.8 Å². The first-order valence-electron chi connectivity index (χ1n) is 13.3. The first-order chi connectivity index (χ1) is 18.9. The van der Waals surface area contributed by atoms with Gasteiger partial charge in [0.25, 0.3) is 0 Å². The summed E-state index contributed by atoms with van der Waals surface area (Å²) in [6, 6.07) is 1.13. The van der Waals surface area contributed by atoms with Crippen molar-refractivity contribution in [2.24, 2.45) is 5.92 Å². The average molecular weight is 562 g/mol. The summed E-state index contributed by atoms with van der Waals surface area (Å²) in [5.41, 5.74) is 0.401. The highest BCUT2D eigenvalue weighted by atomic mass is 19.1. The van der Waals surface area contributed by atoms with E-state index in [4.69, 9.17) is 9.72 Å². The van der Waals surface area contributed by atoms with Gasteiger partial charge < -0.3 is 25.4 Å². The molecule has 3 aromatic rings. The van der Waals surface area contributed by atoms with Gasteiger partial charge in [-0.3, -0.25) is 9.36 Å². The van der Waals surface area contributed by atoms with Crippen LogP contribution in [0.25, 0.3) is 11.2 Å². The van der Waals surface area contributed by atoms with E-state index in [1.165, 1.54) is 0 Å². The molecule has 2 aromatic heterocycles. The molecule has 1 unspecified atom stereocenters. The molecule has 10 nitrogen and oxygen atoms in total. The lowest BCUT2D eigenvalue weighted by molar-refractivity contribution is -0.135. The van der Waals surface area contributed by atoms with E-state index in [-0.39, 0.29) is 37.3 Å². The van der Waals surface area contributed by atoms with E-state index in [1.54, 1.807) is 15.7 Å². The number of carbonyl (C=O) groups excluding carboxylic acids is 1. The number of likely N-dealkylation sites (tertiary alicyclic amines) is 1. The first-order valence-corrected chi connectivity index (χ1v) is 13.3. The topological polar surface area (TPSA) is 117 Å². The average Bonchev–Trinajstić information content (AvgIpc) is 3.66. The number of β-amino-alcohol motifs (C(OH)–C–C–N with tert-alkyl or cyclic N) is 1. The molecule has 0 radical (unpaired) electrons. The van der Waals surface area contributed by atoms with Crippen LogP contribution in [0.4, 0.5) is 30.8 Å². The summed E-state index contributed by atoms with van der Waals surface area (Å²) >= 11 is 0. The molecule has 1 aliphatic carbocycles. The number of imidazole rings is 1. The number of aliphatic hydroxyl groups excluding tert-OH is 1. The van der Waals surface area contributed by atoms with Crippen LogP contribution < -0.4 is 10.6 Å². The van der Waals surface area contributed by atoms with Crippen molar-refractivity contribution in [1.82, 2.24) is 24.4 Å². The summed E-state index contributed by atoms with van der Waals surface area (Å²) in [5.74, 6) is -2.52.